The van der Waals surface area contributed by atoms with Gasteiger partial charge in [0, 0.05) is 29.8 Å². The van der Waals surface area contributed by atoms with Crippen molar-refractivity contribution in [2.24, 2.45) is 0 Å². The smallest absolute Gasteiger partial charge is 0.144 e. The van der Waals surface area contributed by atoms with Crippen LogP contribution >= 0.6 is 15.9 Å². The largest absolute Gasteiger partial charge is 0.489 e. The van der Waals surface area contributed by atoms with Crippen molar-refractivity contribution in [3.8, 4) is 5.75 Å². The number of hydrogen-bond acceptors (Lipinski definition) is 3. The van der Waals surface area contributed by atoms with Crippen molar-refractivity contribution < 1.29 is 4.74 Å². The van der Waals surface area contributed by atoms with Crippen LogP contribution in [0.25, 0.3) is 0 Å². The fourth-order valence-corrected chi connectivity index (χ4v) is 2.34. The highest BCUT2D eigenvalue weighted by Gasteiger charge is 2.08. The summed E-state index contributed by atoms with van der Waals surface area (Å²) in [5.41, 5.74) is 8.97. The van der Waals surface area contributed by atoms with E-state index in [9.17, 15) is 0 Å². The Morgan fingerprint density at radius 1 is 1.14 bits per heavy atom. The second-order valence-corrected chi connectivity index (χ2v) is 6.29. The number of benzene rings is 2. The first-order valence-electron chi connectivity index (χ1n) is 6.97. The van der Waals surface area contributed by atoms with Crippen LogP contribution in [0.3, 0.4) is 0 Å². The summed E-state index contributed by atoms with van der Waals surface area (Å²) in [5, 5.41) is 0. The highest BCUT2D eigenvalue weighted by atomic mass is 79.9. The third-order valence-electron chi connectivity index (χ3n) is 3.13. The molecule has 0 atom stereocenters. The number of hydrogen-bond donors (Lipinski definition) is 1. The van der Waals surface area contributed by atoms with Crippen LogP contribution in [0.5, 0.6) is 5.75 Å². The molecule has 0 heterocycles. The quantitative estimate of drug-likeness (QED) is 0.811. The number of nitrogen functional groups attached to an aromatic ring is 1. The monoisotopic (exact) mass is 348 g/mol. The van der Waals surface area contributed by atoms with E-state index >= 15 is 0 Å². The van der Waals surface area contributed by atoms with E-state index in [-0.39, 0.29) is 6.10 Å². The first-order valence-corrected chi connectivity index (χ1v) is 7.77. The molecule has 0 aliphatic heterocycles. The zero-order chi connectivity index (χ0) is 15.4. The van der Waals surface area contributed by atoms with Crippen LogP contribution in [0.15, 0.2) is 46.9 Å². The van der Waals surface area contributed by atoms with E-state index in [1.807, 2.05) is 32.0 Å². The molecule has 2 N–H and O–H groups in total. The molecule has 4 heteroatoms. The van der Waals surface area contributed by atoms with Crippen LogP contribution in [0.1, 0.15) is 19.4 Å². The molecule has 0 bridgehead atoms. The zero-order valence-electron chi connectivity index (χ0n) is 12.6. The van der Waals surface area contributed by atoms with Gasteiger partial charge in [-0.2, -0.15) is 0 Å². The van der Waals surface area contributed by atoms with Gasteiger partial charge in [0.05, 0.1) is 11.8 Å². The van der Waals surface area contributed by atoms with Gasteiger partial charge < -0.3 is 15.4 Å². The van der Waals surface area contributed by atoms with Gasteiger partial charge in [-0.25, -0.2) is 0 Å². The lowest BCUT2D eigenvalue weighted by molar-refractivity contribution is 0.244. The van der Waals surface area contributed by atoms with Gasteiger partial charge in [0.1, 0.15) is 5.75 Å². The van der Waals surface area contributed by atoms with Gasteiger partial charge in [0.15, 0.2) is 0 Å². The number of ether oxygens (including phenoxy) is 1. The number of anilines is 2. The third-order valence-corrected chi connectivity index (χ3v) is 3.66. The Balaban J connectivity index is 2.15. The Hall–Kier alpha value is -1.68. The van der Waals surface area contributed by atoms with E-state index in [1.54, 1.807) is 0 Å². The lowest BCUT2D eigenvalue weighted by Crippen LogP contribution is -2.17. The molecular weight excluding hydrogens is 328 g/mol. The van der Waals surface area contributed by atoms with Crippen LogP contribution in [0.2, 0.25) is 0 Å². The van der Waals surface area contributed by atoms with Crippen molar-refractivity contribution in [1.29, 1.82) is 0 Å². The second kappa shape index (κ2) is 6.85. The van der Waals surface area contributed by atoms with E-state index < -0.39 is 0 Å². The van der Waals surface area contributed by atoms with E-state index in [0.717, 1.165) is 22.5 Å². The summed E-state index contributed by atoms with van der Waals surface area (Å²) < 4.78 is 6.84. The molecular formula is C17H21BrN2O. The summed E-state index contributed by atoms with van der Waals surface area (Å²) in [4.78, 5) is 2.18. The summed E-state index contributed by atoms with van der Waals surface area (Å²) in [7, 11) is 2.06. The zero-order valence-corrected chi connectivity index (χ0v) is 14.2. The Morgan fingerprint density at radius 3 is 2.43 bits per heavy atom. The molecule has 112 valence electrons. The van der Waals surface area contributed by atoms with Gasteiger partial charge >= 0.3 is 0 Å². The van der Waals surface area contributed by atoms with Crippen LogP contribution in [-0.2, 0) is 6.54 Å². The Kier molecular flexibility index (Phi) is 5.12. The summed E-state index contributed by atoms with van der Waals surface area (Å²) >= 11 is 3.45. The van der Waals surface area contributed by atoms with Crippen LogP contribution in [-0.4, -0.2) is 13.2 Å². The predicted octanol–water partition coefficient (Wildman–Crippen LogP) is 4.45. The van der Waals surface area contributed by atoms with Crippen molar-refractivity contribution in [1.82, 2.24) is 0 Å². The molecule has 0 fully saturated rings. The van der Waals surface area contributed by atoms with Crippen molar-refractivity contribution >= 4 is 27.3 Å². The SMILES string of the molecule is CC(C)Oc1cc(N(C)Cc2ccc(Br)cc2)ccc1N. The standard InChI is InChI=1S/C17H21BrN2O/c1-12(2)21-17-10-15(8-9-16(17)19)20(3)11-13-4-6-14(18)7-5-13/h4-10,12H,11,19H2,1-3H3. The van der Waals surface area contributed by atoms with Gasteiger partial charge in [-0.05, 0) is 43.7 Å². The lowest BCUT2D eigenvalue weighted by Gasteiger charge is -2.21. The van der Waals surface area contributed by atoms with Crippen LogP contribution in [0.4, 0.5) is 11.4 Å². The van der Waals surface area contributed by atoms with E-state index in [1.165, 1.54) is 5.56 Å². The minimum absolute atomic E-state index is 0.110. The molecule has 2 aromatic carbocycles. The van der Waals surface area contributed by atoms with Gasteiger partial charge in [-0.3, -0.25) is 0 Å². The normalized spacial score (nSPS) is 10.7. The first-order chi connectivity index (χ1) is 9.95. The Morgan fingerprint density at radius 2 is 1.81 bits per heavy atom. The fourth-order valence-electron chi connectivity index (χ4n) is 2.07. The average molecular weight is 349 g/mol. The van der Waals surface area contributed by atoms with Crippen molar-refractivity contribution in [2.45, 2.75) is 26.5 Å². The second-order valence-electron chi connectivity index (χ2n) is 5.37. The van der Waals surface area contributed by atoms with E-state index in [2.05, 4.69) is 52.1 Å². The molecule has 0 unspecified atom stereocenters. The van der Waals surface area contributed by atoms with Crippen molar-refractivity contribution in [3.63, 3.8) is 0 Å². The van der Waals surface area contributed by atoms with Crippen molar-refractivity contribution in [3.05, 3.63) is 52.5 Å². The summed E-state index contributed by atoms with van der Waals surface area (Å²) in [6, 6.07) is 14.2. The average Bonchev–Trinajstić information content (AvgIpc) is 2.43. The molecule has 0 saturated heterocycles. The minimum atomic E-state index is 0.110. The summed E-state index contributed by atoms with van der Waals surface area (Å²) in [5.74, 6) is 0.741. The molecule has 3 nitrogen and oxygen atoms in total. The number of rotatable bonds is 5. The Labute approximate surface area is 134 Å². The van der Waals surface area contributed by atoms with Gasteiger partial charge in [-0.1, -0.05) is 28.1 Å². The molecule has 0 aliphatic carbocycles. The third kappa shape index (κ3) is 4.39. The molecule has 0 amide bonds. The van der Waals surface area contributed by atoms with Gasteiger partial charge in [0.2, 0.25) is 0 Å². The van der Waals surface area contributed by atoms with E-state index in [4.69, 9.17) is 10.5 Å². The molecule has 2 aromatic rings. The maximum atomic E-state index is 5.96. The summed E-state index contributed by atoms with van der Waals surface area (Å²) in [6.45, 7) is 4.83. The molecule has 21 heavy (non-hydrogen) atoms. The maximum absolute atomic E-state index is 5.96. The lowest BCUT2D eigenvalue weighted by atomic mass is 10.2. The number of nitrogens with two attached hydrogens (primary N) is 1. The molecule has 0 spiro atoms. The van der Waals surface area contributed by atoms with Crippen LogP contribution < -0.4 is 15.4 Å². The Bertz CT molecular complexity index is 596. The minimum Gasteiger partial charge on any atom is -0.489 e. The molecule has 0 aliphatic rings. The topological polar surface area (TPSA) is 38.5 Å². The van der Waals surface area contributed by atoms with Crippen LogP contribution in [0, 0.1) is 0 Å². The summed E-state index contributed by atoms with van der Waals surface area (Å²) in [6.07, 6.45) is 0.110. The van der Waals surface area contributed by atoms with Gasteiger partial charge in [0.25, 0.3) is 0 Å². The van der Waals surface area contributed by atoms with Crippen molar-refractivity contribution in [2.75, 3.05) is 17.7 Å². The molecule has 0 aromatic heterocycles. The molecule has 0 radical (unpaired) electrons. The maximum Gasteiger partial charge on any atom is 0.144 e. The first kappa shape index (κ1) is 15.7. The fraction of sp³-hybridized carbons (Fsp3) is 0.294. The predicted molar refractivity (Wildman–Crippen MR) is 92.9 cm³/mol. The highest BCUT2D eigenvalue weighted by molar-refractivity contribution is 9.10. The highest BCUT2D eigenvalue weighted by Crippen LogP contribution is 2.28. The molecule has 0 saturated carbocycles. The number of nitrogens with zero attached hydrogens (tertiary/aromatic N) is 1. The van der Waals surface area contributed by atoms with Gasteiger partial charge in [-0.15, -0.1) is 0 Å². The molecule has 2 rings (SSSR count). The van der Waals surface area contributed by atoms with E-state index in [0.29, 0.717) is 5.69 Å². The number of halogens is 1.